The molecular weight excluding hydrogens is 200 g/mol. The van der Waals surface area contributed by atoms with Crippen molar-refractivity contribution in [3.8, 4) is 0 Å². The van der Waals surface area contributed by atoms with E-state index in [1.54, 1.807) is 0 Å². The standard InChI is InChI=1S/C14H28O2/c1-5-9-14(15)16-13(8-4)11-10-12(6-2)7-3/h12-13H,5-11H2,1-4H3. The van der Waals surface area contributed by atoms with E-state index >= 15 is 0 Å². The lowest BCUT2D eigenvalue weighted by molar-refractivity contribution is -0.149. The van der Waals surface area contributed by atoms with E-state index in [-0.39, 0.29) is 12.1 Å². The van der Waals surface area contributed by atoms with E-state index in [2.05, 4.69) is 20.8 Å². The summed E-state index contributed by atoms with van der Waals surface area (Å²) in [5, 5.41) is 0. The predicted molar refractivity (Wildman–Crippen MR) is 68.4 cm³/mol. The van der Waals surface area contributed by atoms with Gasteiger partial charge in [-0.15, -0.1) is 0 Å². The van der Waals surface area contributed by atoms with Crippen molar-refractivity contribution >= 4 is 5.97 Å². The number of hydrogen-bond acceptors (Lipinski definition) is 2. The lowest BCUT2D eigenvalue weighted by Crippen LogP contribution is -2.18. The number of carbonyl (C=O) groups is 1. The Morgan fingerprint density at radius 2 is 1.62 bits per heavy atom. The molecule has 1 unspecified atom stereocenters. The molecule has 2 heteroatoms. The Kier molecular flexibility index (Phi) is 9.36. The van der Waals surface area contributed by atoms with Gasteiger partial charge in [0, 0.05) is 6.42 Å². The van der Waals surface area contributed by atoms with Crippen LogP contribution in [0, 0.1) is 5.92 Å². The Morgan fingerprint density at radius 1 is 1.00 bits per heavy atom. The van der Waals surface area contributed by atoms with E-state index in [0.717, 1.165) is 25.2 Å². The van der Waals surface area contributed by atoms with Gasteiger partial charge in [-0.05, 0) is 31.6 Å². The molecule has 0 aromatic carbocycles. The Morgan fingerprint density at radius 3 is 2.06 bits per heavy atom. The lowest BCUT2D eigenvalue weighted by atomic mass is 9.95. The van der Waals surface area contributed by atoms with Crippen LogP contribution in [0.5, 0.6) is 0 Å². The molecule has 0 saturated carbocycles. The molecule has 0 rings (SSSR count). The first kappa shape index (κ1) is 15.5. The van der Waals surface area contributed by atoms with E-state index in [0.29, 0.717) is 6.42 Å². The quantitative estimate of drug-likeness (QED) is 0.549. The predicted octanol–water partition coefficient (Wildman–Crippen LogP) is 4.32. The second-order valence-corrected chi connectivity index (χ2v) is 4.53. The molecule has 96 valence electrons. The first-order valence-electron chi connectivity index (χ1n) is 6.87. The SMILES string of the molecule is CCCC(=O)OC(CC)CCC(CC)CC. The maximum atomic E-state index is 11.4. The molecule has 0 spiro atoms. The van der Waals surface area contributed by atoms with Crippen LogP contribution in [0.1, 0.15) is 72.6 Å². The van der Waals surface area contributed by atoms with Crippen molar-refractivity contribution in [2.24, 2.45) is 5.92 Å². The van der Waals surface area contributed by atoms with Crippen LogP contribution >= 0.6 is 0 Å². The summed E-state index contributed by atoms with van der Waals surface area (Å²) in [5.41, 5.74) is 0. The molecule has 2 nitrogen and oxygen atoms in total. The molecule has 0 heterocycles. The zero-order valence-corrected chi connectivity index (χ0v) is 11.4. The van der Waals surface area contributed by atoms with Gasteiger partial charge in [-0.1, -0.05) is 40.5 Å². The van der Waals surface area contributed by atoms with E-state index in [1.165, 1.54) is 19.3 Å². The van der Waals surface area contributed by atoms with Crippen molar-refractivity contribution in [3.63, 3.8) is 0 Å². The second kappa shape index (κ2) is 9.68. The normalized spacial score (nSPS) is 12.8. The third-order valence-electron chi connectivity index (χ3n) is 3.26. The van der Waals surface area contributed by atoms with Crippen LogP contribution < -0.4 is 0 Å². The number of rotatable bonds is 9. The number of hydrogen-bond donors (Lipinski definition) is 0. The average Bonchev–Trinajstić information content (AvgIpc) is 2.29. The number of esters is 1. The van der Waals surface area contributed by atoms with Crippen LogP contribution in [-0.2, 0) is 9.53 Å². The molecule has 0 saturated heterocycles. The molecule has 0 aliphatic heterocycles. The number of ether oxygens (including phenoxy) is 1. The minimum absolute atomic E-state index is 0.0288. The fourth-order valence-corrected chi connectivity index (χ4v) is 1.91. The molecule has 0 aromatic heterocycles. The Balaban J connectivity index is 3.86. The monoisotopic (exact) mass is 228 g/mol. The van der Waals surface area contributed by atoms with Gasteiger partial charge in [0.1, 0.15) is 6.10 Å². The summed E-state index contributed by atoms with van der Waals surface area (Å²) in [4.78, 5) is 11.4. The molecule has 0 aliphatic rings. The van der Waals surface area contributed by atoms with Crippen molar-refractivity contribution in [3.05, 3.63) is 0 Å². The van der Waals surface area contributed by atoms with Gasteiger partial charge in [-0.3, -0.25) is 4.79 Å². The minimum atomic E-state index is -0.0288. The van der Waals surface area contributed by atoms with Crippen molar-refractivity contribution < 1.29 is 9.53 Å². The molecule has 0 N–H and O–H groups in total. The van der Waals surface area contributed by atoms with E-state index in [4.69, 9.17) is 4.74 Å². The van der Waals surface area contributed by atoms with Gasteiger partial charge >= 0.3 is 5.97 Å². The van der Waals surface area contributed by atoms with Gasteiger partial charge in [-0.25, -0.2) is 0 Å². The highest BCUT2D eigenvalue weighted by atomic mass is 16.5. The topological polar surface area (TPSA) is 26.3 Å². The minimum Gasteiger partial charge on any atom is -0.462 e. The van der Waals surface area contributed by atoms with Gasteiger partial charge in [-0.2, -0.15) is 0 Å². The van der Waals surface area contributed by atoms with Gasteiger partial charge in [0.05, 0.1) is 0 Å². The van der Waals surface area contributed by atoms with Crippen LogP contribution in [0.3, 0.4) is 0 Å². The largest absolute Gasteiger partial charge is 0.462 e. The summed E-state index contributed by atoms with van der Waals surface area (Å²) in [7, 11) is 0. The summed E-state index contributed by atoms with van der Waals surface area (Å²) >= 11 is 0. The maximum absolute atomic E-state index is 11.4. The Hall–Kier alpha value is -0.530. The van der Waals surface area contributed by atoms with E-state index < -0.39 is 0 Å². The van der Waals surface area contributed by atoms with Crippen molar-refractivity contribution in [2.75, 3.05) is 0 Å². The smallest absolute Gasteiger partial charge is 0.306 e. The van der Waals surface area contributed by atoms with E-state index in [1.807, 2.05) is 6.92 Å². The second-order valence-electron chi connectivity index (χ2n) is 4.53. The van der Waals surface area contributed by atoms with Gasteiger partial charge in [0.25, 0.3) is 0 Å². The molecule has 0 amide bonds. The summed E-state index contributed by atoms with van der Waals surface area (Å²) in [6.07, 6.45) is 7.19. The molecule has 16 heavy (non-hydrogen) atoms. The van der Waals surface area contributed by atoms with Gasteiger partial charge in [0.15, 0.2) is 0 Å². The average molecular weight is 228 g/mol. The maximum Gasteiger partial charge on any atom is 0.306 e. The summed E-state index contributed by atoms with van der Waals surface area (Å²) in [5.74, 6) is 0.762. The zero-order chi connectivity index (χ0) is 12.4. The number of carbonyl (C=O) groups excluding carboxylic acids is 1. The highest BCUT2D eigenvalue weighted by Crippen LogP contribution is 2.18. The molecule has 0 radical (unpaired) electrons. The molecule has 1 atom stereocenters. The molecule has 0 bridgehead atoms. The van der Waals surface area contributed by atoms with Crippen LogP contribution in [0.25, 0.3) is 0 Å². The zero-order valence-electron chi connectivity index (χ0n) is 11.4. The highest BCUT2D eigenvalue weighted by Gasteiger charge is 2.13. The van der Waals surface area contributed by atoms with Crippen molar-refractivity contribution in [1.29, 1.82) is 0 Å². The third kappa shape index (κ3) is 6.86. The third-order valence-corrected chi connectivity index (χ3v) is 3.26. The van der Waals surface area contributed by atoms with Crippen molar-refractivity contribution in [1.82, 2.24) is 0 Å². The highest BCUT2D eigenvalue weighted by molar-refractivity contribution is 5.69. The van der Waals surface area contributed by atoms with Gasteiger partial charge in [0.2, 0.25) is 0 Å². The Labute approximate surface area is 101 Å². The molecular formula is C14H28O2. The van der Waals surface area contributed by atoms with Crippen molar-refractivity contribution in [2.45, 2.75) is 78.7 Å². The first-order valence-corrected chi connectivity index (χ1v) is 6.87. The fourth-order valence-electron chi connectivity index (χ4n) is 1.91. The molecule has 0 aliphatic carbocycles. The van der Waals surface area contributed by atoms with Crippen LogP contribution in [0.15, 0.2) is 0 Å². The fraction of sp³-hybridized carbons (Fsp3) is 0.929. The summed E-state index contributed by atoms with van der Waals surface area (Å²) < 4.78 is 5.44. The first-order chi connectivity index (χ1) is 7.67. The van der Waals surface area contributed by atoms with Gasteiger partial charge < -0.3 is 4.74 Å². The summed E-state index contributed by atoms with van der Waals surface area (Å²) in [6, 6.07) is 0. The van der Waals surface area contributed by atoms with Crippen LogP contribution in [0.4, 0.5) is 0 Å². The summed E-state index contributed by atoms with van der Waals surface area (Å²) in [6.45, 7) is 8.57. The van der Waals surface area contributed by atoms with Crippen LogP contribution in [0.2, 0.25) is 0 Å². The molecule has 0 aromatic rings. The van der Waals surface area contributed by atoms with E-state index in [9.17, 15) is 4.79 Å². The Bertz CT molecular complexity index is 174. The molecule has 0 fully saturated rings. The van der Waals surface area contributed by atoms with Crippen LogP contribution in [-0.4, -0.2) is 12.1 Å². The lowest BCUT2D eigenvalue weighted by Gasteiger charge is -2.19.